The molecule has 2 aromatic heterocycles. The number of nitrogens with one attached hydrogen (secondary N) is 1. The number of carbonyl (C=O) groups excluding carboxylic acids is 2. The van der Waals surface area contributed by atoms with Crippen LogP contribution in [-0.4, -0.2) is 17.9 Å². The summed E-state index contributed by atoms with van der Waals surface area (Å²) < 4.78 is 5.68. The molecule has 0 spiro atoms. The molecule has 3 aromatic rings. The Balaban J connectivity index is 1.71. The first-order valence-corrected chi connectivity index (χ1v) is 11.8. The molecule has 1 aliphatic carbocycles. The van der Waals surface area contributed by atoms with E-state index in [-0.39, 0.29) is 24.3 Å². The number of aryl methyl sites for hydroxylation is 1. The van der Waals surface area contributed by atoms with Crippen LogP contribution < -0.4 is 10.2 Å². The van der Waals surface area contributed by atoms with Gasteiger partial charge in [0.05, 0.1) is 12.7 Å². The fraction of sp³-hybridized carbons (Fsp3) is 0.360. The summed E-state index contributed by atoms with van der Waals surface area (Å²) in [4.78, 5) is 29.8. The third-order valence-corrected chi connectivity index (χ3v) is 6.70. The lowest BCUT2D eigenvalue weighted by Crippen LogP contribution is -2.47. The predicted molar refractivity (Wildman–Crippen MR) is 123 cm³/mol. The fourth-order valence-electron chi connectivity index (χ4n) is 4.25. The van der Waals surface area contributed by atoms with Crippen molar-refractivity contribution in [3.63, 3.8) is 0 Å². The minimum atomic E-state index is -0.856. The van der Waals surface area contributed by atoms with Gasteiger partial charge < -0.3 is 9.73 Å². The second-order valence-corrected chi connectivity index (χ2v) is 9.10. The van der Waals surface area contributed by atoms with Gasteiger partial charge in [0, 0.05) is 16.6 Å². The zero-order chi connectivity index (χ0) is 21.6. The number of carbonyl (C=O) groups is 2. The van der Waals surface area contributed by atoms with Crippen molar-refractivity contribution in [2.45, 2.75) is 57.5 Å². The average Bonchev–Trinajstić information content (AvgIpc) is 3.47. The summed E-state index contributed by atoms with van der Waals surface area (Å²) in [7, 11) is 0. The van der Waals surface area contributed by atoms with Crippen LogP contribution in [0.4, 0.5) is 5.69 Å². The summed E-state index contributed by atoms with van der Waals surface area (Å²) in [6.45, 7) is 1.96. The van der Waals surface area contributed by atoms with Crippen molar-refractivity contribution in [3.05, 3.63) is 76.4 Å². The topological polar surface area (TPSA) is 62.6 Å². The zero-order valence-electron chi connectivity index (χ0n) is 17.8. The van der Waals surface area contributed by atoms with Crippen molar-refractivity contribution < 1.29 is 14.0 Å². The molecule has 1 aliphatic rings. The minimum absolute atomic E-state index is 0.128. The lowest BCUT2D eigenvalue weighted by molar-refractivity contribution is -0.127. The standard InChI is InChI=1S/C25H28N2O3S/c1-18-9-5-6-13-21(18)27(23(28)17-20-12-8-16-31-20)24(22-14-7-15-30-22)25(29)26-19-10-3-2-4-11-19/h5-9,12-16,19,24H,2-4,10-11,17H2,1H3,(H,26,29)/t24-/m0/s1. The maximum Gasteiger partial charge on any atom is 0.251 e. The van der Waals surface area contributed by atoms with E-state index in [0.717, 1.165) is 41.8 Å². The van der Waals surface area contributed by atoms with Crippen LogP contribution in [0, 0.1) is 6.92 Å². The van der Waals surface area contributed by atoms with E-state index >= 15 is 0 Å². The van der Waals surface area contributed by atoms with Gasteiger partial charge in [0.15, 0.2) is 6.04 Å². The lowest BCUT2D eigenvalue weighted by atomic mass is 9.95. The Bertz CT molecular complexity index is 992. The van der Waals surface area contributed by atoms with Crippen molar-refractivity contribution in [3.8, 4) is 0 Å². The van der Waals surface area contributed by atoms with Gasteiger partial charge in [-0.25, -0.2) is 0 Å². The van der Waals surface area contributed by atoms with Crippen LogP contribution in [0.3, 0.4) is 0 Å². The van der Waals surface area contributed by atoms with E-state index in [1.54, 1.807) is 34.6 Å². The Kier molecular flexibility index (Phi) is 6.87. The van der Waals surface area contributed by atoms with Crippen LogP contribution in [0.2, 0.25) is 0 Å². The molecule has 31 heavy (non-hydrogen) atoms. The van der Waals surface area contributed by atoms with Gasteiger partial charge in [0.2, 0.25) is 5.91 Å². The molecule has 0 radical (unpaired) electrons. The molecule has 0 saturated heterocycles. The van der Waals surface area contributed by atoms with Crippen molar-refractivity contribution in [2.75, 3.05) is 4.90 Å². The third-order valence-electron chi connectivity index (χ3n) is 5.82. The maximum absolute atomic E-state index is 13.6. The van der Waals surface area contributed by atoms with Gasteiger partial charge >= 0.3 is 0 Å². The van der Waals surface area contributed by atoms with E-state index in [1.807, 2.05) is 48.7 Å². The van der Waals surface area contributed by atoms with Crippen LogP contribution in [0.5, 0.6) is 0 Å². The smallest absolute Gasteiger partial charge is 0.251 e. The highest BCUT2D eigenvalue weighted by atomic mass is 32.1. The molecule has 0 aliphatic heterocycles. The highest BCUT2D eigenvalue weighted by Crippen LogP contribution is 2.32. The van der Waals surface area contributed by atoms with E-state index in [0.29, 0.717) is 5.76 Å². The molecule has 1 aromatic carbocycles. The largest absolute Gasteiger partial charge is 0.467 e. The van der Waals surface area contributed by atoms with E-state index < -0.39 is 6.04 Å². The number of hydrogen-bond donors (Lipinski definition) is 1. The van der Waals surface area contributed by atoms with Gasteiger partial charge in [-0.2, -0.15) is 0 Å². The van der Waals surface area contributed by atoms with Gasteiger partial charge in [0.1, 0.15) is 5.76 Å². The zero-order valence-corrected chi connectivity index (χ0v) is 18.6. The molecule has 1 atom stereocenters. The van der Waals surface area contributed by atoms with Crippen molar-refractivity contribution in [2.24, 2.45) is 0 Å². The molecule has 2 amide bonds. The van der Waals surface area contributed by atoms with Gasteiger partial charge in [-0.05, 0) is 55.0 Å². The summed E-state index contributed by atoms with van der Waals surface area (Å²) in [6, 6.07) is 14.4. The number of amides is 2. The maximum atomic E-state index is 13.6. The van der Waals surface area contributed by atoms with Gasteiger partial charge in [-0.3, -0.25) is 14.5 Å². The normalized spacial score (nSPS) is 15.4. The SMILES string of the molecule is Cc1ccccc1N(C(=O)Cc1cccs1)[C@H](C(=O)NC1CCCCC1)c1ccco1. The van der Waals surface area contributed by atoms with E-state index in [2.05, 4.69) is 5.32 Å². The Hall–Kier alpha value is -2.86. The first kappa shape index (κ1) is 21.4. The summed E-state index contributed by atoms with van der Waals surface area (Å²) in [5.74, 6) is 0.151. The molecule has 5 nitrogen and oxygen atoms in total. The van der Waals surface area contributed by atoms with Crippen LogP contribution in [0.1, 0.15) is 54.3 Å². The summed E-state index contributed by atoms with van der Waals surface area (Å²) in [5.41, 5.74) is 1.66. The van der Waals surface area contributed by atoms with Crippen LogP contribution in [0.15, 0.2) is 64.6 Å². The molecule has 162 valence electrons. The predicted octanol–water partition coefficient (Wildman–Crippen LogP) is 5.42. The number of thiophene rings is 1. The van der Waals surface area contributed by atoms with E-state index in [4.69, 9.17) is 4.42 Å². The first-order chi connectivity index (χ1) is 15.1. The van der Waals surface area contributed by atoms with Crippen molar-refractivity contribution in [1.82, 2.24) is 5.32 Å². The van der Waals surface area contributed by atoms with Crippen molar-refractivity contribution >= 4 is 28.8 Å². The molecular weight excluding hydrogens is 408 g/mol. The van der Waals surface area contributed by atoms with Gasteiger partial charge in [0.25, 0.3) is 5.91 Å². The van der Waals surface area contributed by atoms with Gasteiger partial charge in [-0.15, -0.1) is 11.3 Å². The highest BCUT2D eigenvalue weighted by molar-refractivity contribution is 7.10. The second kappa shape index (κ2) is 9.96. The molecule has 0 bridgehead atoms. The number of furan rings is 1. The molecule has 2 heterocycles. The Labute approximate surface area is 187 Å². The summed E-state index contributed by atoms with van der Waals surface area (Å²) in [5, 5.41) is 5.16. The molecular formula is C25H28N2O3S. The van der Waals surface area contributed by atoms with Crippen LogP contribution >= 0.6 is 11.3 Å². The van der Waals surface area contributed by atoms with E-state index in [9.17, 15) is 9.59 Å². The number of para-hydroxylation sites is 1. The number of rotatable bonds is 7. The van der Waals surface area contributed by atoms with Crippen LogP contribution in [-0.2, 0) is 16.0 Å². The van der Waals surface area contributed by atoms with Crippen LogP contribution in [0.25, 0.3) is 0 Å². The molecule has 1 fully saturated rings. The average molecular weight is 437 g/mol. The molecule has 1 N–H and O–H groups in total. The Morgan fingerprint density at radius 2 is 1.90 bits per heavy atom. The molecule has 0 unspecified atom stereocenters. The summed E-state index contributed by atoms with van der Waals surface area (Å²) in [6.07, 6.45) is 7.19. The molecule has 1 saturated carbocycles. The van der Waals surface area contributed by atoms with Crippen molar-refractivity contribution in [1.29, 1.82) is 0 Å². The minimum Gasteiger partial charge on any atom is -0.467 e. The molecule has 6 heteroatoms. The number of hydrogen-bond acceptors (Lipinski definition) is 4. The number of nitrogens with zero attached hydrogens (tertiary/aromatic N) is 1. The number of anilines is 1. The Morgan fingerprint density at radius 1 is 1.10 bits per heavy atom. The third kappa shape index (κ3) is 5.07. The number of benzene rings is 1. The second-order valence-electron chi connectivity index (χ2n) is 8.07. The summed E-state index contributed by atoms with van der Waals surface area (Å²) >= 11 is 1.54. The quantitative estimate of drug-likeness (QED) is 0.538. The Morgan fingerprint density at radius 3 is 2.58 bits per heavy atom. The van der Waals surface area contributed by atoms with E-state index in [1.165, 1.54) is 6.42 Å². The monoisotopic (exact) mass is 436 g/mol. The highest BCUT2D eigenvalue weighted by Gasteiger charge is 2.36. The lowest BCUT2D eigenvalue weighted by Gasteiger charge is -2.33. The molecule has 4 rings (SSSR count). The van der Waals surface area contributed by atoms with Gasteiger partial charge in [-0.1, -0.05) is 43.5 Å². The first-order valence-electron chi connectivity index (χ1n) is 10.9. The fourth-order valence-corrected chi connectivity index (χ4v) is 4.94.